The zero-order chi connectivity index (χ0) is 12.6. The van der Waals surface area contributed by atoms with E-state index in [1.54, 1.807) is 6.92 Å². The SMILES string of the molecule is CC1(C)CCC[C@@](C)(O)[C@@]1(O)/C=C/C(=O)O. The van der Waals surface area contributed by atoms with E-state index in [9.17, 15) is 15.0 Å². The number of aliphatic hydroxyl groups is 2. The third-order valence-electron chi connectivity index (χ3n) is 3.79. The molecule has 0 bridgehead atoms. The highest BCUT2D eigenvalue weighted by molar-refractivity contribution is 5.80. The van der Waals surface area contributed by atoms with Gasteiger partial charge in [0.15, 0.2) is 0 Å². The fraction of sp³-hybridized carbons (Fsp3) is 0.750. The topological polar surface area (TPSA) is 77.8 Å². The second-order valence-corrected chi connectivity index (χ2v) is 5.45. The van der Waals surface area contributed by atoms with Crippen LogP contribution in [-0.4, -0.2) is 32.5 Å². The molecule has 3 N–H and O–H groups in total. The Balaban J connectivity index is 3.15. The molecule has 0 aromatic carbocycles. The molecule has 0 unspecified atom stereocenters. The molecule has 1 aliphatic carbocycles. The van der Waals surface area contributed by atoms with E-state index in [2.05, 4.69) is 0 Å². The molecule has 0 spiro atoms. The van der Waals surface area contributed by atoms with E-state index in [0.29, 0.717) is 6.42 Å². The van der Waals surface area contributed by atoms with Gasteiger partial charge in [-0.2, -0.15) is 0 Å². The van der Waals surface area contributed by atoms with Crippen LogP contribution in [-0.2, 0) is 4.79 Å². The second kappa shape index (κ2) is 3.86. The van der Waals surface area contributed by atoms with Crippen LogP contribution in [0.3, 0.4) is 0 Å². The first-order valence-corrected chi connectivity index (χ1v) is 5.49. The highest BCUT2D eigenvalue weighted by Crippen LogP contribution is 2.49. The summed E-state index contributed by atoms with van der Waals surface area (Å²) in [5.74, 6) is -1.12. The van der Waals surface area contributed by atoms with Crippen LogP contribution >= 0.6 is 0 Å². The lowest BCUT2D eigenvalue weighted by atomic mass is 9.58. The van der Waals surface area contributed by atoms with Crippen molar-refractivity contribution in [3.8, 4) is 0 Å². The first kappa shape index (κ1) is 13.2. The van der Waals surface area contributed by atoms with Gasteiger partial charge in [-0.15, -0.1) is 0 Å². The van der Waals surface area contributed by atoms with E-state index in [1.807, 2.05) is 13.8 Å². The predicted molar refractivity (Wildman–Crippen MR) is 60.0 cm³/mol. The number of aliphatic carboxylic acids is 1. The minimum Gasteiger partial charge on any atom is -0.478 e. The van der Waals surface area contributed by atoms with Crippen molar-refractivity contribution in [1.29, 1.82) is 0 Å². The second-order valence-electron chi connectivity index (χ2n) is 5.45. The molecule has 0 heterocycles. The summed E-state index contributed by atoms with van der Waals surface area (Å²) < 4.78 is 0. The Kier molecular flexibility index (Phi) is 3.18. The van der Waals surface area contributed by atoms with Gasteiger partial charge in [-0.1, -0.05) is 13.8 Å². The van der Waals surface area contributed by atoms with E-state index in [-0.39, 0.29) is 0 Å². The molecule has 1 saturated carbocycles. The summed E-state index contributed by atoms with van der Waals surface area (Å²) in [4.78, 5) is 10.5. The van der Waals surface area contributed by atoms with Gasteiger partial charge in [0.25, 0.3) is 0 Å². The zero-order valence-corrected chi connectivity index (χ0v) is 10.0. The van der Waals surface area contributed by atoms with Crippen molar-refractivity contribution in [3.63, 3.8) is 0 Å². The van der Waals surface area contributed by atoms with Gasteiger partial charge < -0.3 is 15.3 Å². The van der Waals surface area contributed by atoms with Crippen molar-refractivity contribution in [2.24, 2.45) is 5.41 Å². The third kappa shape index (κ3) is 1.99. The number of carboxylic acid groups (broad SMARTS) is 1. The van der Waals surface area contributed by atoms with E-state index in [4.69, 9.17) is 5.11 Å². The van der Waals surface area contributed by atoms with Gasteiger partial charge in [0, 0.05) is 6.08 Å². The average Bonchev–Trinajstić information content (AvgIpc) is 2.10. The van der Waals surface area contributed by atoms with Gasteiger partial charge in [0.05, 0.1) is 5.60 Å². The summed E-state index contributed by atoms with van der Waals surface area (Å²) in [7, 11) is 0. The largest absolute Gasteiger partial charge is 0.478 e. The van der Waals surface area contributed by atoms with Crippen molar-refractivity contribution >= 4 is 5.97 Å². The molecular weight excluding hydrogens is 208 g/mol. The minimum atomic E-state index is -1.50. The maximum atomic E-state index is 10.6. The van der Waals surface area contributed by atoms with E-state index >= 15 is 0 Å². The monoisotopic (exact) mass is 228 g/mol. The zero-order valence-electron chi connectivity index (χ0n) is 10.0. The molecule has 0 radical (unpaired) electrons. The van der Waals surface area contributed by atoms with Gasteiger partial charge in [0.2, 0.25) is 0 Å². The standard InChI is InChI=1S/C12H20O4/c1-10(2)6-4-7-11(3,15)12(10,16)8-5-9(13)14/h5,8,15-16H,4,6-7H2,1-3H3,(H,13,14)/b8-5+/t11-,12-/m1/s1. The Hall–Kier alpha value is -0.870. The Morgan fingerprint density at radius 2 is 1.75 bits per heavy atom. The van der Waals surface area contributed by atoms with Crippen molar-refractivity contribution in [1.82, 2.24) is 0 Å². The predicted octanol–water partition coefficient (Wildman–Crippen LogP) is 1.32. The number of carbonyl (C=O) groups is 1. The lowest BCUT2D eigenvalue weighted by Gasteiger charge is -2.53. The molecule has 1 fully saturated rings. The van der Waals surface area contributed by atoms with Gasteiger partial charge in [-0.05, 0) is 37.7 Å². The maximum absolute atomic E-state index is 10.6. The maximum Gasteiger partial charge on any atom is 0.328 e. The molecule has 16 heavy (non-hydrogen) atoms. The lowest BCUT2D eigenvalue weighted by molar-refractivity contribution is -0.194. The Morgan fingerprint density at radius 1 is 1.19 bits per heavy atom. The van der Waals surface area contributed by atoms with Crippen LogP contribution in [0.5, 0.6) is 0 Å². The van der Waals surface area contributed by atoms with E-state index in [0.717, 1.165) is 18.9 Å². The molecule has 92 valence electrons. The Labute approximate surface area is 95.6 Å². The van der Waals surface area contributed by atoms with Crippen LogP contribution in [0.2, 0.25) is 0 Å². The lowest BCUT2D eigenvalue weighted by Crippen LogP contribution is -2.62. The number of carboxylic acids is 1. The molecule has 0 aromatic rings. The quantitative estimate of drug-likeness (QED) is 0.623. The number of hydrogen-bond donors (Lipinski definition) is 3. The highest BCUT2D eigenvalue weighted by Gasteiger charge is 2.56. The third-order valence-corrected chi connectivity index (χ3v) is 3.79. The van der Waals surface area contributed by atoms with Crippen LogP contribution < -0.4 is 0 Å². The molecule has 1 rings (SSSR count). The van der Waals surface area contributed by atoms with Crippen molar-refractivity contribution in [2.75, 3.05) is 0 Å². The van der Waals surface area contributed by atoms with Crippen LogP contribution in [0.15, 0.2) is 12.2 Å². The van der Waals surface area contributed by atoms with Gasteiger partial charge >= 0.3 is 5.97 Å². The first-order valence-electron chi connectivity index (χ1n) is 5.49. The summed E-state index contributed by atoms with van der Waals surface area (Å²) in [5.41, 5.74) is -3.34. The van der Waals surface area contributed by atoms with Gasteiger partial charge in [-0.3, -0.25) is 0 Å². The number of rotatable bonds is 2. The minimum absolute atomic E-state index is 0.469. The summed E-state index contributed by atoms with van der Waals surface area (Å²) >= 11 is 0. The number of hydrogen-bond acceptors (Lipinski definition) is 3. The van der Waals surface area contributed by atoms with Crippen molar-refractivity contribution in [2.45, 2.75) is 51.2 Å². The fourth-order valence-electron chi connectivity index (χ4n) is 2.58. The van der Waals surface area contributed by atoms with Gasteiger partial charge in [0.1, 0.15) is 5.60 Å². The van der Waals surface area contributed by atoms with Crippen LogP contribution in [0.25, 0.3) is 0 Å². The molecule has 2 atom stereocenters. The Morgan fingerprint density at radius 3 is 2.19 bits per heavy atom. The smallest absolute Gasteiger partial charge is 0.328 e. The molecule has 0 aliphatic heterocycles. The Bertz CT molecular complexity index is 299. The molecule has 0 saturated heterocycles. The first-order chi connectivity index (χ1) is 7.12. The summed E-state index contributed by atoms with van der Waals surface area (Å²) in [6.07, 6.45) is 4.17. The normalized spacial score (nSPS) is 38.8. The molecule has 0 aromatic heterocycles. The summed E-state index contributed by atoms with van der Waals surface area (Å²) in [5, 5.41) is 29.4. The molecule has 4 heteroatoms. The van der Waals surface area contributed by atoms with Gasteiger partial charge in [-0.25, -0.2) is 4.79 Å². The van der Waals surface area contributed by atoms with E-state index in [1.165, 1.54) is 6.08 Å². The molecular formula is C12H20O4. The van der Waals surface area contributed by atoms with Crippen molar-refractivity contribution in [3.05, 3.63) is 12.2 Å². The van der Waals surface area contributed by atoms with Crippen LogP contribution in [0, 0.1) is 5.41 Å². The summed E-state index contributed by atoms with van der Waals surface area (Å²) in [6, 6.07) is 0. The van der Waals surface area contributed by atoms with E-state index < -0.39 is 22.6 Å². The summed E-state index contributed by atoms with van der Waals surface area (Å²) in [6.45, 7) is 5.24. The van der Waals surface area contributed by atoms with Crippen LogP contribution in [0.4, 0.5) is 0 Å². The van der Waals surface area contributed by atoms with Crippen LogP contribution in [0.1, 0.15) is 40.0 Å². The highest BCUT2D eigenvalue weighted by atomic mass is 16.4. The van der Waals surface area contributed by atoms with Crippen molar-refractivity contribution < 1.29 is 20.1 Å². The molecule has 1 aliphatic rings. The molecule has 4 nitrogen and oxygen atoms in total. The average molecular weight is 228 g/mol. The fourth-order valence-corrected chi connectivity index (χ4v) is 2.58. The molecule has 0 amide bonds.